The van der Waals surface area contributed by atoms with Crippen LogP contribution in [-0.4, -0.2) is 24.3 Å². The number of nitrogens with one attached hydrogen (secondary N) is 1. The van der Waals surface area contributed by atoms with Gasteiger partial charge >= 0.3 is 5.97 Å². The molecule has 4 aromatic rings. The van der Waals surface area contributed by atoms with Crippen molar-refractivity contribution in [3.05, 3.63) is 77.9 Å². The van der Waals surface area contributed by atoms with E-state index < -0.39 is 0 Å². The molecular formula is C27H25N3O3. The van der Waals surface area contributed by atoms with Crippen LogP contribution in [0.4, 0.5) is 11.4 Å². The van der Waals surface area contributed by atoms with E-state index in [4.69, 9.17) is 9.47 Å². The van der Waals surface area contributed by atoms with Gasteiger partial charge in [0.1, 0.15) is 11.8 Å². The van der Waals surface area contributed by atoms with E-state index in [1.807, 2.05) is 54.6 Å². The van der Waals surface area contributed by atoms with Crippen LogP contribution in [-0.2, 0) is 11.3 Å². The Kier molecular flexibility index (Phi) is 6.32. The molecule has 0 unspecified atom stereocenters. The number of hydrogen-bond donors (Lipinski definition) is 1. The van der Waals surface area contributed by atoms with Crippen LogP contribution in [0.25, 0.3) is 22.2 Å². The minimum absolute atomic E-state index is 0.334. The van der Waals surface area contributed by atoms with Crippen LogP contribution in [0.1, 0.15) is 29.8 Å². The zero-order chi connectivity index (χ0) is 23.4. The molecule has 0 saturated heterocycles. The van der Waals surface area contributed by atoms with Crippen LogP contribution in [0.2, 0.25) is 0 Å². The number of esters is 1. The number of carbonyl (C=O) groups excluding carboxylic acids is 1. The first-order valence-corrected chi connectivity index (χ1v) is 10.8. The fourth-order valence-corrected chi connectivity index (χ4v) is 4.01. The molecule has 0 saturated carbocycles. The van der Waals surface area contributed by atoms with Gasteiger partial charge in [-0.05, 0) is 62.4 Å². The van der Waals surface area contributed by atoms with Crippen LogP contribution in [0.5, 0.6) is 5.75 Å². The molecule has 0 aliphatic rings. The first-order valence-electron chi connectivity index (χ1n) is 10.8. The fourth-order valence-electron chi connectivity index (χ4n) is 4.01. The van der Waals surface area contributed by atoms with Crippen LogP contribution in [0, 0.1) is 11.3 Å². The molecule has 1 N–H and O–H groups in total. The highest BCUT2D eigenvalue weighted by atomic mass is 16.5. The maximum Gasteiger partial charge on any atom is 0.338 e. The minimum Gasteiger partial charge on any atom is -0.497 e. The van der Waals surface area contributed by atoms with Gasteiger partial charge in [0.15, 0.2) is 0 Å². The van der Waals surface area contributed by atoms with Crippen LogP contribution >= 0.6 is 0 Å². The van der Waals surface area contributed by atoms with E-state index in [0.717, 1.165) is 39.3 Å². The number of anilines is 2. The quantitative estimate of drug-likeness (QED) is 0.351. The van der Waals surface area contributed by atoms with E-state index in [2.05, 4.69) is 22.9 Å². The molecule has 1 aromatic heterocycles. The number of benzene rings is 3. The number of nitrogens with zero attached hydrogens (tertiary/aromatic N) is 2. The third-order valence-electron chi connectivity index (χ3n) is 5.52. The van der Waals surface area contributed by atoms with E-state index in [1.54, 1.807) is 26.2 Å². The highest BCUT2D eigenvalue weighted by Gasteiger charge is 2.19. The van der Waals surface area contributed by atoms with Crippen LogP contribution < -0.4 is 10.1 Å². The molecule has 0 aliphatic carbocycles. The van der Waals surface area contributed by atoms with Gasteiger partial charge in [0.2, 0.25) is 0 Å². The average molecular weight is 440 g/mol. The normalized spacial score (nSPS) is 10.6. The number of aryl methyl sites for hydroxylation is 1. The number of carbonyl (C=O) groups is 1. The van der Waals surface area contributed by atoms with Crippen molar-refractivity contribution >= 4 is 28.2 Å². The first kappa shape index (κ1) is 22.0. The zero-order valence-corrected chi connectivity index (χ0v) is 18.9. The van der Waals surface area contributed by atoms with Gasteiger partial charge in [-0.1, -0.05) is 12.1 Å². The maximum absolute atomic E-state index is 11.9. The predicted octanol–water partition coefficient (Wildman–Crippen LogP) is 6.13. The predicted molar refractivity (Wildman–Crippen MR) is 130 cm³/mol. The summed E-state index contributed by atoms with van der Waals surface area (Å²) in [5.41, 5.74) is 5.67. The summed E-state index contributed by atoms with van der Waals surface area (Å²) in [6.45, 7) is 4.91. The van der Waals surface area contributed by atoms with E-state index in [-0.39, 0.29) is 5.97 Å². The molecule has 4 rings (SSSR count). The van der Waals surface area contributed by atoms with E-state index in [0.29, 0.717) is 24.3 Å². The van der Waals surface area contributed by atoms with Crippen molar-refractivity contribution < 1.29 is 14.3 Å². The van der Waals surface area contributed by atoms with Gasteiger partial charge in [0.05, 0.1) is 36.1 Å². The summed E-state index contributed by atoms with van der Waals surface area (Å²) in [6, 6.07) is 23.3. The molecule has 0 radical (unpaired) electrons. The maximum atomic E-state index is 11.9. The van der Waals surface area contributed by atoms with Gasteiger partial charge in [0, 0.05) is 34.9 Å². The summed E-state index contributed by atoms with van der Waals surface area (Å²) in [5.74, 6) is 0.423. The van der Waals surface area contributed by atoms with E-state index in [1.165, 1.54) is 0 Å². The van der Waals surface area contributed by atoms with Gasteiger partial charge in [-0.15, -0.1) is 0 Å². The number of fused-ring (bicyclic) bond motifs is 1. The van der Waals surface area contributed by atoms with Crippen LogP contribution in [0.15, 0.2) is 66.7 Å². The third kappa shape index (κ3) is 4.26. The van der Waals surface area contributed by atoms with Crippen molar-refractivity contribution in [2.45, 2.75) is 20.4 Å². The van der Waals surface area contributed by atoms with Crippen molar-refractivity contribution in [3.8, 4) is 23.1 Å². The Morgan fingerprint density at radius 3 is 2.48 bits per heavy atom. The number of nitriles is 1. The summed E-state index contributed by atoms with van der Waals surface area (Å²) in [5, 5.41) is 14.3. The lowest BCUT2D eigenvalue weighted by atomic mass is 10.1. The van der Waals surface area contributed by atoms with Gasteiger partial charge in [-0.25, -0.2) is 4.79 Å². The second kappa shape index (κ2) is 9.49. The summed E-state index contributed by atoms with van der Waals surface area (Å²) >= 11 is 0. The molecule has 0 spiro atoms. The van der Waals surface area contributed by atoms with Gasteiger partial charge < -0.3 is 19.4 Å². The first-order chi connectivity index (χ1) is 16.1. The Hall–Kier alpha value is -4.24. The molecule has 3 aromatic carbocycles. The molecule has 0 bridgehead atoms. The minimum atomic E-state index is -0.334. The van der Waals surface area contributed by atoms with Crippen molar-refractivity contribution in [3.63, 3.8) is 0 Å². The van der Waals surface area contributed by atoms with Gasteiger partial charge in [0.25, 0.3) is 0 Å². The number of methoxy groups -OCH3 is 1. The molecule has 0 aliphatic heterocycles. The second-order valence-corrected chi connectivity index (χ2v) is 7.47. The fraction of sp³-hybridized carbons (Fsp3) is 0.185. The smallest absolute Gasteiger partial charge is 0.338 e. The average Bonchev–Trinajstić information content (AvgIpc) is 3.17. The largest absolute Gasteiger partial charge is 0.497 e. The van der Waals surface area contributed by atoms with Gasteiger partial charge in [-0.2, -0.15) is 5.26 Å². The molecule has 0 amide bonds. The molecular weight excluding hydrogens is 414 g/mol. The molecule has 0 atom stereocenters. The molecule has 166 valence electrons. The monoisotopic (exact) mass is 439 g/mol. The highest BCUT2D eigenvalue weighted by Crippen LogP contribution is 2.36. The van der Waals surface area contributed by atoms with Crippen molar-refractivity contribution in [1.29, 1.82) is 5.26 Å². The summed E-state index contributed by atoms with van der Waals surface area (Å²) in [4.78, 5) is 11.9. The van der Waals surface area contributed by atoms with Crippen molar-refractivity contribution in [2.75, 3.05) is 19.0 Å². The molecule has 33 heavy (non-hydrogen) atoms. The molecule has 1 heterocycles. The molecule has 0 fully saturated rings. The summed E-state index contributed by atoms with van der Waals surface area (Å²) < 4.78 is 12.6. The van der Waals surface area contributed by atoms with Crippen LogP contribution in [0.3, 0.4) is 0 Å². The SMILES string of the molecule is CCOC(=O)c1ccc(Nc2cccc(-c3c(C#N)c4ccc(OC)cc4n3CC)c2)cc1. The molecule has 6 nitrogen and oxygen atoms in total. The molecule has 6 heteroatoms. The Morgan fingerprint density at radius 1 is 1.03 bits per heavy atom. The number of hydrogen-bond acceptors (Lipinski definition) is 5. The lowest BCUT2D eigenvalue weighted by Crippen LogP contribution is -2.04. The Balaban J connectivity index is 1.71. The number of aromatic nitrogens is 1. The highest BCUT2D eigenvalue weighted by molar-refractivity contribution is 5.95. The van der Waals surface area contributed by atoms with E-state index in [9.17, 15) is 10.1 Å². The summed E-state index contributed by atoms with van der Waals surface area (Å²) in [6.07, 6.45) is 0. The second-order valence-electron chi connectivity index (χ2n) is 7.47. The standard InChI is InChI=1S/C27H25N3O3/c1-4-30-25-16-22(32-3)13-14-23(25)24(17-28)26(30)19-7-6-8-21(15-19)29-20-11-9-18(10-12-20)27(31)33-5-2/h6-16,29H,4-5H2,1-3H3. The number of ether oxygens (including phenoxy) is 2. The lowest BCUT2D eigenvalue weighted by molar-refractivity contribution is 0.0526. The summed E-state index contributed by atoms with van der Waals surface area (Å²) in [7, 11) is 1.64. The lowest BCUT2D eigenvalue weighted by Gasteiger charge is -2.12. The Labute approximate surface area is 193 Å². The number of rotatable bonds is 7. The van der Waals surface area contributed by atoms with E-state index >= 15 is 0 Å². The topological polar surface area (TPSA) is 76.3 Å². The van der Waals surface area contributed by atoms with Crippen molar-refractivity contribution in [1.82, 2.24) is 4.57 Å². The third-order valence-corrected chi connectivity index (χ3v) is 5.52. The Morgan fingerprint density at radius 2 is 1.82 bits per heavy atom. The van der Waals surface area contributed by atoms with Gasteiger partial charge in [-0.3, -0.25) is 0 Å². The zero-order valence-electron chi connectivity index (χ0n) is 18.9. The van der Waals surface area contributed by atoms with Crippen molar-refractivity contribution in [2.24, 2.45) is 0 Å². The Bertz CT molecular complexity index is 1350.